The number of nitrogens with zero attached hydrogens (tertiary/aromatic N) is 4. The maximum Gasteiger partial charge on any atom is 0.414 e. The van der Waals surface area contributed by atoms with Crippen LogP contribution < -0.4 is 4.90 Å². The lowest BCUT2D eigenvalue weighted by Crippen LogP contribution is -2.65. The van der Waals surface area contributed by atoms with E-state index in [-0.39, 0.29) is 25.8 Å². The van der Waals surface area contributed by atoms with Crippen molar-refractivity contribution in [2.75, 3.05) is 18.6 Å². The summed E-state index contributed by atoms with van der Waals surface area (Å²) < 4.78 is 16.8. The third kappa shape index (κ3) is 2.72. The molecule has 0 N–H and O–H groups in total. The number of amides is 1. The fraction of sp³-hybridized carbons (Fsp3) is 0.500. The number of benzene rings is 1. The summed E-state index contributed by atoms with van der Waals surface area (Å²) in [6, 6.07) is 7.19. The molecule has 2 fully saturated rings. The largest absolute Gasteiger partial charge is 0.455 e. The molecular formula is C22H24N4O6. The summed E-state index contributed by atoms with van der Waals surface area (Å²) in [7, 11) is 1.28. The molecule has 1 saturated heterocycles. The van der Waals surface area contributed by atoms with E-state index in [1.165, 1.54) is 18.9 Å². The fourth-order valence-corrected chi connectivity index (χ4v) is 5.86. The predicted octanol–water partition coefficient (Wildman–Crippen LogP) is 3.75. The smallest absolute Gasteiger partial charge is 0.414 e. The maximum absolute atomic E-state index is 13.3. The Morgan fingerprint density at radius 2 is 2.16 bits per heavy atom. The van der Waals surface area contributed by atoms with Crippen LogP contribution in [0.1, 0.15) is 38.2 Å². The molecule has 1 aliphatic carbocycles. The van der Waals surface area contributed by atoms with Crippen molar-refractivity contribution in [1.82, 2.24) is 0 Å². The lowest BCUT2D eigenvalue weighted by atomic mass is 9.60. The molecular weight excluding hydrogens is 416 g/mol. The molecule has 0 radical (unpaired) electrons. The SMILES string of the molecule is C=CC1(OC(C)=O)CCC23C(C1)C(=O)OC2(CCN=[N+]=[N-])c1ccccc1N3C(=O)OC. The number of esters is 2. The maximum atomic E-state index is 13.3. The number of azide groups is 1. The van der Waals surface area contributed by atoms with Crippen molar-refractivity contribution in [1.29, 1.82) is 0 Å². The number of methoxy groups -OCH3 is 1. The summed E-state index contributed by atoms with van der Waals surface area (Å²) in [5, 5.41) is 3.67. The third-order valence-electron chi connectivity index (χ3n) is 7.00. The molecule has 10 heteroatoms. The first-order valence-electron chi connectivity index (χ1n) is 10.4. The molecule has 2 heterocycles. The normalized spacial score (nSPS) is 32.0. The average Bonchev–Trinajstić information content (AvgIpc) is 3.15. The Balaban J connectivity index is 1.93. The minimum absolute atomic E-state index is 0.0676. The van der Waals surface area contributed by atoms with Gasteiger partial charge < -0.3 is 14.2 Å². The zero-order valence-corrected chi connectivity index (χ0v) is 17.9. The van der Waals surface area contributed by atoms with Crippen molar-refractivity contribution in [3.8, 4) is 0 Å². The monoisotopic (exact) mass is 440 g/mol. The van der Waals surface area contributed by atoms with Crippen molar-refractivity contribution < 1.29 is 28.6 Å². The highest BCUT2D eigenvalue weighted by molar-refractivity contribution is 5.98. The Kier molecular flexibility index (Phi) is 5.13. The van der Waals surface area contributed by atoms with E-state index in [9.17, 15) is 14.4 Å². The molecule has 1 aromatic rings. The first kappa shape index (κ1) is 21.7. The number of fused-ring (bicyclic) bond motifs is 2. The first-order valence-corrected chi connectivity index (χ1v) is 10.4. The quantitative estimate of drug-likeness (QED) is 0.171. The van der Waals surface area contributed by atoms with Crippen LogP contribution in [0.5, 0.6) is 0 Å². The summed E-state index contributed by atoms with van der Waals surface area (Å²) in [4.78, 5) is 42.6. The second-order valence-electron chi connectivity index (χ2n) is 8.32. The zero-order chi connectivity index (χ0) is 23.1. The summed E-state index contributed by atoms with van der Waals surface area (Å²) in [5.74, 6) is -1.81. The molecule has 4 rings (SSSR count). The predicted molar refractivity (Wildman–Crippen MR) is 112 cm³/mol. The Morgan fingerprint density at radius 1 is 1.41 bits per heavy atom. The van der Waals surface area contributed by atoms with Crippen LogP contribution in [-0.2, 0) is 29.4 Å². The topological polar surface area (TPSA) is 131 Å². The van der Waals surface area contributed by atoms with Crippen LogP contribution in [-0.4, -0.2) is 42.8 Å². The molecule has 0 aromatic heterocycles. The van der Waals surface area contributed by atoms with Crippen molar-refractivity contribution in [3.05, 3.63) is 52.9 Å². The molecule has 1 saturated carbocycles. The minimum Gasteiger partial charge on any atom is -0.455 e. The second-order valence-corrected chi connectivity index (χ2v) is 8.32. The lowest BCUT2D eigenvalue weighted by molar-refractivity contribution is -0.160. The fourth-order valence-electron chi connectivity index (χ4n) is 5.86. The van der Waals surface area contributed by atoms with Gasteiger partial charge in [0.25, 0.3) is 0 Å². The van der Waals surface area contributed by atoms with E-state index in [1.807, 2.05) is 6.07 Å². The van der Waals surface area contributed by atoms with Crippen LogP contribution in [0.25, 0.3) is 10.4 Å². The molecule has 2 aliphatic heterocycles. The van der Waals surface area contributed by atoms with E-state index in [1.54, 1.807) is 24.3 Å². The summed E-state index contributed by atoms with van der Waals surface area (Å²) in [6.45, 7) is 5.20. The van der Waals surface area contributed by atoms with Crippen LogP contribution in [0, 0.1) is 5.92 Å². The number of ether oxygens (including phenoxy) is 3. The Hall–Kier alpha value is -3.52. The van der Waals surface area contributed by atoms with Crippen molar-refractivity contribution >= 4 is 23.7 Å². The van der Waals surface area contributed by atoms with Crippen LogP contribution in [0.2, 0.25) is 0 Å². The summed E-state index contributed by atoms with van der Waals surface area (Å²) in [5.41, 5.74) is 6.66. The van der Waals surface area contributed by atoms with Crippen LogP contribution in [0.3, 0.4) is 0 Å². The lowest BCUT2D eigenvalue weighted by Gasteiger charge is -2.51. The van der Waals surface area contributed by atoms with Gasteiger partial charge in [-0.1, -0.05) is 29.9 Å². The van der Waals surface area contributed by atoms with Crippen LogP contribution >= 0.6 is 0 Å². The van der Waals surface area contributed by atoms with Crippen molar-refractivity contribution in [2.45, 2.75) is 49.3 Å². The third-order valence-corrected chi connectivity index (χ3v) is 7.00. The first-order chi connectivity index (χ1) is 15.3. The highest BCUT2D eigenvalue weighted by Crippen LogP contribution is 2.66. The van der Waals surface area contributed by atoms with Gasteiger partial charge in [0.1, 0.15) is 11.1 Å². The van der Waals surface area contributed by atoms with Gasteiger partial charge in [0, 0.05) is 30.4 Å². The molecule has 1 amide bonds. The zero-order valence-electron chi connectivity index (χ0n) is 17.9. The molecule has 1 aromatic carbocycles. The molecule has 1 spiro atoms. The number of para-hydroxylation sites is 1. The summed E-state index contributed by atoms with van der Waals surface area (Å²) in [6.07, 6.45) is 1.83. The van der Waals surface area contributed by atoms with E-state index < -0.39 is 40.7 Å². The molecule has 32 heavy (non-hydrogen) atoms. The van der Waals surface area contributed by atoms with Gasteiger partial charge in [0.15, 0.2) is 5.60 Å². The molecule has 168 valence electrons. The number of carbonyl (C=O) groups is 3. The Bertz CT molecular complexity index is 1050. The number of hydrogen-bond acceptors (Lipinski definition) is 7. The standard InChI is InChI=1S/C22H24N4O6/c1-4-20(31-14(2)27)9-10-21-16(13-20)18(28)32-22(21,11-12-24-25-23)15-7-5-6-8-17(15)26(21)19(29)30-3/h4-8,16H,1,9-13H2,2-3H3. The van der Waals surface area contributed by atoms with E-state index in [0.29, 0.717) is 17.7 Å². The minimum atomic E-state index is -1.22. The highest BCUT2D eigenvalue weighted by Gasteiger charge is 2.77. The van der Waals surface area contributed by atoms with E-state index in [0.717, 1.165) is 0 Å². The van der Waals surface area contributed by atoms with Gasteiger partial charge in [0.2, 0.25) is 0 Å². The van der Waals surface area contributed by atoms with Gasteiger partial charge in [-0.25, -0.2) is 4.79 Å². The van der Waals surface area contributed by atoms with E-state index in [4.69, 9.17) is 19.7 Å². The number of hydrogen-bond donors (Lipinski definition) is 0. The van der Waals surface area contributed by atoms with Gasteiger partial charge in [-0.2, -0.15) is 0 Å². The molecule has 4 unspecified atom stereocenters. The molecule has 3 aliphatic rings. The Morgan fingerprint density at radius 3 is 2.81 bits per heavy atom. The second kappa shape index (κ2) is 7.56. The number of carbonyl (C=O) groups excluding carboxylic acids is 3. The molecule has 4 atom stereocenters. The van der Waals surface area contributed by atoms with Gasteiger partial charge in [-0.3, -0.25) is 14.5 Å². The van der Waals surface area contributed by atoms with Crippen molar-refractivity contribution in [3.63, 3.8) is 0 Å². The van der Waals surface area contributed by atoms with Gasteiger partial charge >= 0.3 is 18.0 Å². The van der Waals surface area contributed by atoms with Crippen molar-refractivity contribution in [2.24, 2.45) is 11.0 Å². The van der Waals surface area contributed by atoms with Gasteiger partial charge in [-0.15, -0.1) is 0 Å². The number of anilines is 1. The van der Waals surface area contributed by atoms with Crippen LogP contribution in [0.4, 0.5) is 10.5 Å². The van der Waals surface area contributed by atoms with Gasteiger partial charge in [0.05, 0.1) is 18.7 Å². The molecule has 0 bridgehead atoms. The molecule has 10 nitrogen and oxygen atoms in total. The van der Waals surface area contributed by atoms with E-state index >= 15 is 0 Å². The van der Waals surface area contributed by atoms with E-state index in [2.05, 4.69) is 16.6 Å². The number of rotatable bonds is 5. The van der Waals surface area contributed by atoms with Gasteiger partial charge in [-0.05, 0) is 36.9 Å². The average molecular weight is 440 g/mol. The Labute approximate surface area is 184 Å². The summed E-state index contributed by atoms with van der Waals surface area (Å²) >= 11 is 0. The highest BCUT2D eigenvalue weighted by atomic mass is 16.6. The van der Waals surface area contributed by atoms with Crippen LogP contribution in [0.15, 0.2) is 42.0 Å².